The van der Waals surface area contributed by atoms with Crippen molar-refractivity contribution < 1.29 is 19.7 Å². The van der Waals surface area contributed by atoms with Gasteiger partial charge in [-0.1, -0.05) is 0 Å². The highest BCUT2D eigenvalue weighted by Gasteiger charge is 2.37. The molecule has 2 N–H and O–H groups in total. The zero-order chi connectivity index (χ0) is 12.0. The number of rotatable bonds is 6. The molecule has 1 saturated heterocycles. The van der Waals surface area contributed by atoms with Gasteiger partial charge in [-0.25, -0.2) is 0 Å². The van der Waals surface area contributed by atoms with Crippen molar-refractivity contribution in [3.05, 3.63) is 0 Å². The first-order valence-corrected chi connectivity index (χ1v) is 5.73. The third-order valence-electron chi connectivity index (χ3n) is 3.08. The number of carboxylic acid groups (broad SMARTS) is 1. The van der Waals surface area contributed by atoms with Gasteiger partial charge in [0, 0.05) is 13.1 Å². The van der Waals surface area contributed by atoms with E-state index in [0.717, 1.165) is 25.9 Å². The van der Waals surface area contributed by atoms with Crippen LogP contribution in [0.25, 0.3) is 0 Å². The van der Waals surface area contributed by atoms with Gasteiger partial charge in [0.15, 0.2) is 0 Å². The van der Waals surface area contributed by atoms with E-state index in [1.165, 1.54) is 0 Å². The van der Waals surface area contributed by atoms with Gasteiger partial charge in [-0.15, -0.1) is 0 Å². The van der Waals surface area contributed by atoms with Crippen LogP contribution in [0.4, 0.5) is 0 Å². The summed E-state index contributed by atoms with van der Waals surface area (Å²) >= 11 is 0. The van der Waals surface area contributed by atoms with Gasteiger partial charge < -0.3 is 14.9 Å². The third kappa shape index (κ3) is 3.73. The Morgan fingerprint density at radius 2 is 2.25 bits per heavy atom. The molecule has 0 saturated carbocycles. The zero-order valence-corrected chi connectivity index (χ0v) is 9.81. The molecule has 5 heteroatoms. The number of piperidine rings is 1. The van der Waals surface area contributed by atoms with E-state index in [-0.39, 0.29) is 6.61 Å². The maximum atomic E-state index is 11.1. The van der Waals surface area contributed by atoms with Crippen LogP contribution in [0.2, 0.25) is 0 Å². The molecule has 0 spiro atoms. The summed E-state index contributed by atoms with van der Waals surface area (Å²) in [5.41, 5.74) is -0.616. The van der Waals surface area contributed by atoms with E-state index in [2.05, 4.69) is 4.90 Å². The Morgan fingerprint density at radius 1 is 1.50 bits per heavy atom. The predicted octanol–water partition coefficient (Wildman–Crippen LogP) is 0.182. The summed E-state index contributed by atoms with van der Waals surface area (Å²) < 4.78 is 5.18. The number of carbonyl (C=O) groups is 1. The lowest BCUT2D eigenvalue weighted by molar-refractivity contribution is -0.151. The smallest absolute Gasteiger partial charge is 0.310 e. The molecule has 1 unspecified atom stereocenters. The van der Waals surface area contributed by atoms with Gasteiger partial charge in [-0.2, -0.15) is 0 Å². The van der Waals surface area contributed by atoms with Crippen molar-refractivity contribution in [3.8, 4) is 0 Å². The number of aliphatic hydroxyl groups excluding tert-OH is 1. The Balaban J connectivity index is 2.30. The summed E-state index contributed by atoms with van der Waals surface area (Å²) in [4.78, 5) is 13.2. The molecule has 94 valence electrons. The van der Waals surface area contributed by atoms with E-state index in [1.54, 1.807) is 6.92 Å². The highest BCUT2D eigenvalue weighted by atomic mass is 16.5. The Labute approximate surface area is 96.0 Å². The summed E-state index contributed by atoms with van der Waals surface area (Å²) in [6, 6.07) is 0. The van der Waals surface area contributed by atoms with Crippen molar-refractivity contribution in [2.45, 2.75) is 19.8 Å². The van der Waals surface area contributed by atoms with Crippen LogP contribution in [0.5, 0.6) is 0 Å². The Bertz CT molecular complexity index is 234. The molecule has 1 aliphatic rings. The van der Waals surface area contributed by atoms with Gasteiger partial charge in [0.05, 0.1) is 25.2 Å². The summed E-state index contributed by atoms with van der Waals surface area (Å²) in [5.74, 6) is -0.714. The summed E-state index contributed by atoms with van der Waals surface area (Å²) in [6.45, 7) is 5.00. The van der Waals surface area contributed by atoms with E-state index >= 15 is 0 Å². The molecule has 0 aliphatic carbocycles. The maximum absolute atomic E-state index is 11.1. The highest BCUT2D eigenvalue weighted by Crippen LogP contribution is 2.29. The zero-order valence-electron chi connectivity index (χ0n) is 9.81. The average molecular weight is 231 g/mol. The number of aliphatic hydroxyl groups is 1. The molecule has 1 rings (SSSR count). The topological polar surface area (TPSA) is 70.0 Å². The number of likely N-dealkylation sites (tertiary alicyclic amines) is 1. The molecule has 16 heavy (non-hydrogen) atoms. The van der Waals surface area contributed by atoms with Crippen molar-refractivity contribution >= 4 is 5.97 Å². The average Bonchev–Trinajstić information content (AvgIpc) is 2.24. The second kappa shape index (κ2) is 6.18. The fourth-order valence-electron chi connectivity index (χ4n) is 2.07. The molecule has 1 heterocycles. The van der Waals surface area contributed by atoms with Crippen LogP contribution < -0.4 is 0 Å². The van der Waals surface area contributed by atoms with E-state index in [0.29, 0.717) is 19.8 Å². The van der Waals surface area contributed by atoms with E-state index in [1.807, 2.05) is 0 Å². The quantitative estimate of drug-likeness (QED) is 0.638. The number of hydrogen-bond acceptors (Lipinski definition) is 4. The van der Waals surface area contributed by atoms with E-state index in [4.69, 9.17) is 14.9 Å². The van der Waals surface area contributed by atoms with Crippen molar-refractivity contribution in [2.75, 3.05) is 39.5 Å². The molecule has 5 nitrogen and oxygen atoms in total. The molecule has 1 aliphatic heterocycles. The molecular formula is C11H21NO4. The lowest BCUT2D eigenvalue weighted by Crippen LogP contribution is -2.47. The molecule has 0 aromatic carbocycles. The molecule has 1 fully saturated rings. The van der Waals surface area contributed by atoms with Crippen LogP contribution in [0.3, 0.4) is 0 Å². The Hall–Kier alpha value is -0.650. The Kier molecular flexibility index (Phi) is 5.18. The molecule has 0 amide bonds. The third-order valence-corrected chi connectivity index (χ3v) is 3.08. The minimum atomic E-state index is -0.714. The lowest BCUT2D eigenvalue weighted by Gasteiger charge is -2.37. The van der Waals surface area contributed by atoms with Crippen molar-refractivity contribution in [2.24, 2.45) is 5.41 Å². The minimum absolute atomic E-state index is 0.0346. The van der Waals surface area contributed by atoms with Gasteiger partial charge in [0.2, 0.25) is 0 Å². The normalized spacial score (nSPS) is 26.9. The van der Waals surface area contributed by atoms with Gasteiger partial charge >= 0.3 is 5.97 Å². The van der Waals surface area contributed by atoms with Crippen LogP contribution in [0.1, 0.15) is 19.8 Å². The summed E-state index contributed by atoms with van der Waals surface area (Å²) in [7, 11) is 0. The fourth-order valence-corrected chi connectivity index (χ4v) is 2.07. The lowest BCUT2D eigenvalue weighted by atomic mass is 9.82. The maximum Gasteiger partial charge on any atom is 0.310 e. The second-order valence-corrected chi connectivity index (χ2v) is 4.58. The largest absolute Gasteiger partial charge is 0.481 e. The van der Waals surface area contributed by atoms with Crippen LogP contribution in [-0.4, -0.2) is 60.5 Å². The summed E-state index contributed by atoms with van der Waals surface area (Å²) in [5, 5.41) is 17.7. The van der Waals surface area contributed by atoms with Gasteiger partial charge in [-0.3, -0.25) is 9.69 Å². The van der Waals surface area contributed by atoms with Gasteiger partial charge in [0.25, 0.3) is 0 Å². The molecule has 1 atom stereocenters. The molecule has 0 bridgehead atoms. The number of carboxylic acids is 1. The predicted molar refractivity (Wildman–Crippen MR) is 59.3 cm³/mol. The Morgan fingerprint density at radius 3 is 2.88 bits per heavy atom. The first kappa shape index (κ1) is 13.4. The molecule has 0 aromatic heterocycles. The SMILES string of the molecule is CC1(C(=O)O)CCCN(CCOCCO)C1. The van der Waals surface area contributed by atoms with Crippen LogP contribution in [0, 0.1) is 5.41 Å². The van der Waals surface area contributed by atoms with Crippen molar-refractivity contribution in [1.29, 1.82) is 0 Å². The monoisotopic (exact) mass is 231 g/mol. The highest BCUT2D eigenvalue weighted by molar-refractivity contribution is 5.74. The molecule has 0 radical (unpaired) electrons. The number of ether oxygens (including phenoxy) is 1. The van der Waals surface area contributed by atoms with Crippen LogP contribution in [-0.2, 0) is 9.53 Å². The number of hydrogen-bond donors (Lipinski definition) is 2. The first-order valence-electron chi connectivity index (χ1n) is 5.73. The molecular weight excluding hydrogens is 210 g/mol. The van der Waals surface area contributed by atoms with E-state index in [9.17, 15) is 4.79 Å². The first-order chi connectivity index (χ1) is 7.58. The fraction of sp³-hybridized carbons (Fsp3) is 0.909. The number of nitrogens with zero attached hydrogens (tertiary/aromatic N) is 1. The standard InChI is InChI=1S/C11H21NO4/c1-11(10(14)15)3-2-4-12(9-11)5-7-16-8-6-13/h13H,2-9H2,1H3,(H,14,15). The molecule has 0 aromatic rings. The van der Waals surface area contributed by atoms with Crippen LogP contribution >= 0.6 is 0 Å². The summed E-state index contributed by atoms with van der Waals surface area (Å²) in [6.07, 6.45) is 1.67. The van der Waals surface area contributed by atoms with Gasteiger partial charge in [0.1, 0.15) is 0 Å². The second-order valence-electron chi connectivity index (χ2n) is 4.58. The van der Waals surface area contributed by atoms with Crippen molar-refractivity contribution in [1.82, 2.24) is 4.90 Å². The van der Waals surface area contributed by atoms with Crippen LogP contribution in [0.15, 0.2) is 0 Å². The van der Waals surface area contributed by atoms with Gasteiger partial charge in [-0.05, 0) is 26.3 Å². The number of aliphatic carboxylic acids is 1. The minimum Gasteiger partial charge on any atom is -0.481 e. The van der Waals surface area contributed by atoms with Crippen molar-refractivity contribution in [3.63, 3.8) is 0 Å². The van der Waals surface area contributed by atoms with E-state index < -0.39 is 11.4 Å².